The molecule has 0 bridgehead atoms. The van der Waals surface area contributed by atoms with Crippen molar-refractivity contribution in [3.8, 4) is 0 Å². The Balaban J connectivity index is 2.82. The molecule has 1 saturated heterocycles. The number of ketones is 1. The summed E-state index contributed by atoms with van der Waals surface area (Å²) in [5.41, 5.74) is -0.536. The zero-order valence-electron chi connectivity index (χ0n) is 11.0. The number of likely N-dealkylation sites (tertiary alicyclic amines) is 1. The minimum atomic E-state index is -0.536. The van der Waals surface area contributed by atoms with Gasteiger partial charge in [-0.25, -0.2) is 4.79 Å². The van der Waals surface area contributed by atoms with Crippen molar-refractivity contribution in [1.29, 1.82) is 0 Å². The monoisotopic (exact) mass is 305 g/mol. The molecule has 1 aliphatic heterocycles. The van der Waals surface area contributed by atoms with Gasteiger partial charge in [-0.3, -0.25) is 9.69 Å². The summed E-state index contributed by atoms with van der Waals surface area (Å²) < 4.78 is 5.31. The van der Waals surface area contributed by atoms with Crippen molar-refractivity contribution in [2.24, 2.45) is 5.92 Å². The number of halogens is 1. The Hall–Kier alpha value is -0.580. The van der Waals surface area contributed by atoms with Gasteiger partial charge in [0.15, 0.2) is 5.78 Å². The Morgan fingerprint density at radius 1 is 1.47 bits per heavy atom. The van der Waals surface area contributed by atoms with Crippen LogP contribution in [0.2, 0.25) is 0 Å². The fourth-order valence-corrected chi connectivity index (χ4v) is 2.49. The van der Waals surface area contributed by atoms with Gasteiger partial charge in [-0.1, -0.05) is 29.8 Å². The van der Waals surface area contributed by atoms with Gasteiger partial charge in [0.1, 0.15) is 5.60 Å². The summed E-state index contributed by atoms with van der Waals surface area (Å²) >= 11 is 3.30. The van der Waals surface area contributed by atoms with Crippen LogP contribution in [0, 0.1) is 5.92 Å². The lowest BCUT2D eigenvalue weighted by molar-refractivity contribution is -0.120. The number of alkyl halides is 1. The van der Waals surface area contributed by atoms with E-state index in [2.05, 4.69) is 15.9 Å². The van der Waals surface area contributed by atoms with Gasteiger partial charge in [0.05, 0.1) is 10.9 Å². The molecule has 0 N–H and O–H groups in total. The summed E-state index contributed by atoms with van der Waals surface area (Å²) in [6, 6.07) is -0.380. The van der Waals surface area contributed by atoms with E-state index in [-0.39, 0.29) is 22.6 Å². The van der Waals surface area contributed by atoms with Crippen LogP contribution < -0.4 is 0 Å². The number of rotatable bonds is 1. The summed E-state index contributed by atoms with van der Waals surface area (Å²) in [7, 11) is 0. The molecule has 0 saturated carbocycles. The van der Waals surface area contributed by atoms with Crippen LogP contribution in [0.1, 0.15) is 34.6 Å². The molecule has 0 radical (unpaired) electrons. The van der Waals surface area contributed by atoms with E-state index in [1.165, 1.54) is 4.90 Å². The van der Waals surface area contributed by atoms with E-state index in [1.807, 2.05) is 34.6 Å². The van der Waals surface area contributed by atoms with E-state index >= 15 is 0 Å². The Kier molecular flexibility index (Phi) is 4.23. The number of hydrogen-bond acceptors (Lipinski definition) is 3. The maximum absolute atomic E-state index is 12.0. The predicted octanol–water partition coefficient (Wildman–Crippen LogP) is 2.59. The van der Waals surface area contributed by atoms with Gasteiger partial charge in [-0.15, -0.1) is 0 Å². The highest BCUT2D eigenvalue weighted by atomic mass is 79.9. The molecule has 1 aliphatic rings. The highest BCUT2D eigenvalue weighted by molar-refractivity contribution is 9.10. The Morgan fingerprint density at radius 2 is 2.00 bits per heavy atom. The second kappa shape index (κ2) is 4.96. The maximum Gasteiger partial charge on any atom is 0.410 e. The van der Waals surface area contributed by atoms with Crippen molar-refractivity contribution >= 4 is 27.8 Å². The average molecular weight is 306 g/mol. The molecular formula is C12H20BrNO3. The Bertz CT molecular complexity index is 322. The molecule has 1 unspecified atom stereocenters. The molecule has 5 heteroatoms. The maximum atomic E-state index is 12.0. The molecule has 1 heterocycles. The molecule has 4 nitrogen and oxygen atoms in total. The van der Waals surface area contributed by atoms with E-state index in [0.717, 1.165) is 0 Å². The normalized spacial score (nSPS) is 25.6. The first-order valence-electron chi connectivity index (χ1n) is 5.81. The van der Waals surface area contributed by atoms with Gasteiger partial charge in [-0.05, 0) is 26.7 Å². The second-order valence-electron chi connectivity index (χ2n) is 5.69. The minimum Gasteiger partial charge on any atom is -0.444 e. The summed E-state index contributed by atoms with van der Waals surface area (Å²) in [6.45, 7) is 9.71. The predicted molar refractivity (Wildman–Crippen MR) is 69.3 cm³/mol. The fraction of sp³-hybridized carbons (Fsp3) is 0.833. The lowest BCUT2D eigenvalue weighted by atomic mass is 10.0. The highest BCUT2D eigenvalue weighted by Gasteiger charge is 2.44. The smallest absolute Gasteiger partial charge is 0.410 e. The summed E-state index contributed by atoms with van der Waals surface area (Å²) in [4.78, 5) is 25.2. The molecule has 0 spiro atoms. The third-order valence-electron chi connectivity index (χ3n) is 2.55. The quantitative estimate of drug-likeness (QED) is 0.700. The largest absolute Gasteiger partial charge is 0.444 e. The molecule has 0 aromatic heterocycles. The molecule has 1 amide bonds. The van der Waals surface area contributed by atoms with Crippen LogP contribution in [0.15, 0.2) is 0 Å². The topological polar surface area (TPSA) is 46.6 Å². The van der Waals surface area contributed by atoms with E-state index in [1.54, 1.807) is 0 Å². The molecule has 2 atom stereocenters. The number of carbonyl (C=O) groups excluding carboxylic acids is 2. The number of amides is 1. The second-order valence-corrected chi connectivity index (χ2v) is 6.80. The van der Waals surface area contributed by atoms with Crippen molar-refractivity contribution in [1.82, 2.24) is 4.90 Å². The van der Waals surface area contributed by atoms with Crippen LogP contribution >= 0.6 is 15.9 Å². The van der Waals surface area contributed by atoms with Crippen LogP contribution in [0.5, 0.6) is 0 Å². The molecule has 0 aliphatic carbocycles. The minimum absolute atomic E-state index is 0.0610. The first kappa shape index (κ1) is 14.5. The molecule has 0 aromatic rings. The zero-order valence-corrected chi connectivity index (χ0v) is 12.6. The van der Waals surface area contributed by atoms with Crippen LogP contribution in [-0.4, -0.2) is 39.8 Å². The van der Waals surface area contributed by atoms with Gasteiger partial charge < -0.3 is 4.74 Å². The van der Waals surface area contributed by atoms with Crippen molar-refractivity contribution in [3.05, 3.63) is 0 Å². The molecule has 1 fully saturated rings. The summed E-state index contributed by atoms with van der Waals surface area (Å²) in [5, 5.41) is 0. The molecule has 98 valence electrons. The van der Waals surface area contributed by atoms with Crippen molar-refractivity contribution < 1.29 is 14.3 Å². The van der Waals surface area contributed by atoms with Gasteiger partial charge in [-0.2, -0.15) is 0 Å². The Labute approximate surface area is 111 Å². The van der Waals surface area contributed by atoms with Crippen molar-refractivity contribution in [2.75, 3.05) is 6.54 Å². The van der Waals surface area contributed by atoms with Crippen molar-refractivity contribution in [3.63, 3.8) is 0 Å². The van der Waals surface area contributed by atoms with E-state index < -0.39 is 11.7 Å². The highest BCUT2D eigenvalue weighted by Crippen LogP contribution is 2.27. The summed E-state index contributed by atoms with van der Waals surface area (Å²) in [5.74, 6) is 0.156. The van der Waals surface area contributed by atoms with Crippen LogP contribution in [-0.2, 0) is 9.53 Å². The number of carbonyl (C=O) groups is 2. The van der Waals surface area contributed by atoms with Gasteiger partial charge in [0, 0.05) is 6.54 Å². The molecule has 0 aromatic carbocycles. The van der Waals surface area contributed by atoms with Gasteiger partial charge in [0.25, 0.3) is 0 Å². The van der Waals surface area contributed by atoms with Crippen molar-refractivity contribution in [2.45, 2.75) is 51.1 Å². The number of ether oxygens (including phenoxy) is 1. The first-order chi connectivity index (χ1) is 7.63. The summed E-state index contributed by atoms with van der Waals surface area (Å²) in [6.07, 6.45) is -0.411. The third kappa shape index (κ3) is 3.44. The van der Waals surface area contributed by atoms with Gasteiger partial charge >= 0.3 is 6.09 Å². The lowest BCUT2D eigenvalue weighted by Gasteiger charge is -2.29. The molecule has 17 heavy (non-hydrogen) atoms. The Morgan fingerprint density at radius 3 is 2.41 bits per heavy atom. The van der Waals surface area contributed by atoms with Crippen LogP contribution in [0.25, 0.3) is 0 Å². The number of hydrogen-bond donors (Lipinski definition) is 0. The lowest BCUT2D eigenvalue weighted by Crippen LogP contribution is -2.44. The molecule has 1 rings (SSSR count). The number of nitrogens with zero attached hydrogens (tertiary/aromatic N) is 1. The average Bonchev–Trinajstić information content (AvgIpc) is 2.40. The molecular weight excluding hydrogens is 286 g/mol. The first-order valence-corrected chi connectivity index (χ1v) is 6.72. The SMILES string of the molecule is CC(C)[C@H]1C(=O)C(Br)CN1C(=O)OC(C)(C)C. The third-order valence-corrected chi connectivity index (χ3v) is 3.29. The zero-order chi connectivity index (χ0) is 13.4. The van der Waals surface area contributed by atoms with E-state index in [0.29, 0.717) is 6.54 Å². The van der Waals surface area contributed by atoms with Crippen LogP contribution in [0.3, 0.4) is 0 Å². The fourth-order valence-electron chi connectivity index (χ4n) is 1.91. The number of Topliss-reactive ketones (excluding diaryl/α,β-unsaturated/α-hetero) is 1. The van der Waals surface area contributed by atoms with E-state index in [4.69, 9.17) is 4.74 Å². The van der Waals surface area contributed by atoms with Crippen LogP contribution in [0.4, 0.5) is 4.79 Å². The van der Waals surface area contributed by atoms with Gasteiger partial charge in [0.2, 0.25) is 0 Å². The van der Waals surface area contributed by atoms with E-state index in [9.17, 15) is 9.59 Å². The standard InChI is InChI=1S/C12H20BrNO3/c1-7(2)9-10(15)8(13)6-14(9)11(16)17-12(3,4)5/h7-9H,6H2,1-5H3/t8?,9-/m0/s1.